The lowest BCUT2D eigenvalue weighted by molar-refractivity contribution is -0.0911. The fraction of sp³-hybridized carbons (Fsp3) is 0.450. The van der Waals surface area contributed by atoms with E-state index in [4.69, 9.17) is 13.6 Å². The molecule has 0 spiro atoms. The zero-order valence-corrected chi connectivity index (χ0v) is 15.5. The molecule has 1 unspecified atom stereocenters. The Morgan fingerprint density at radius 2 is 1.96 bits per heavy atom. The van der Waals surface area contributed by atoms with Crippen LogP contribution < -0.4 is 5.63 Å². The first-order valence-electron chi connectivity index (χ1n) is 8.62. The molecule has 0 aliphatic heterocycles. The minimum absolute atomic E-state index is 0.00884. The van der Waals surface area contributed by atoms with Crippen LogP contribution in [0.25, 0.3) is 21.9 Å². The second-order valence-corrected chi connectivity index (χ2v) is 7.23. The molecule has 1 atom stereocenters. The second kappa shape index (κ2) is 6.65. The molecule has 3 rings (SSSR count). The van der Waals surface area contributed by atoms with Crippen LogP contribution in [0, 0.1) is 0 Å². The zero-order valence-electron chi connectivity index (χ0n) is 15.5. The summed E-state index contributed by atoms with van der Waals surface area (Å²) in [6.07, 6.45) is 1.53. The minimum atomic E-state index is -0.379. The molecule has 0 N–H and O–H groups in total. The average Bonchev–Trinajstić information content (AvgIpc) is 3.00. The van der Waals surface area contributed by atoms with Crippen molar-refractivity contribution < 1.29 is 13.6 Å². The van der Waals surface area contributed by atoms with E-state index in [1.54, 1.807) is 6.26 Å². The molecule has 0 amide bonds. The van der Waals surface area contributed by atoms with Gasteiger partial charge in [0.1, 0.15) is 17.4 Å². The van der Waals surface area contributed by atoms with Gasteiger partial charge in [0.25, 0.3) is 0 Å². The number of hydrogen-bond acceptors (Lipinski definition) is 5. The molecule has 134 valence electrons. The standard InChI is InChI=1S/C20H25NO4/c1-6-21(20(3,4)5)13(2)24-12-14-11-18(22)25-19-15(14)7-8-17-16(19)9-10-23-17/h7-11,13H,6,12H2,1-5H3. The van der Waals surface area contributed by atoms with E-state index in [0.29, 0.717) is 17.8 Å². The molecule has 1 aromatic carbocycles. The monoisotopic (exact) mass is 343 g/mol. The summed E-state index contributed by atoms with van der Waals surface area (Å²) in [5.41, 5.74) is 1.71. The van der Waals surface area contributed by atoms with Crippen molar-refractivity contribution in [2.75, 3.05) is 6.54 Å². The Hall–Kier alpha value is -2.11. The summed E-state index contributed by atoms with van der Waals surface area (Å²) in [6.45, 7) is 11.9. The van der Waals surface area contributed by atoms with Crippen LogP contribution in [0.15, 0.2) is 44.2 Å². The van der Waals surface area contributed by atoms with Crippen molar-refractivity contribution in [3.8, 4) is 0 Å². The lowest BCUT2D eigenvalue weighted by Gasteiger charge is -2.39. The lowest BCUT2D eigenvalue weighted by atomic mass is 10.1. The third kappa shape index (κ3) is 3.48. The van der Waals surface area contributed by atoms with Gasteiger partial charge in [-0.15, -0.1) is 0 Å². The van der Waals surface area contributed by atoms with Crippen molar-refractivity contribution in [3.63, 3.8) is 0 Å². The van der Waals surface area contributed by atoms with E-state index >= 15 is 0 Å². The Balaban J connectivity index is 1.92. The highest BCUT2D eigenvalue weighted by Gasteiger charge is 2.25. The van der Waals surface area contributed by atoms with Gasteiger partial charge >= 0.3 is 5.63 Å². The van der Waals surface area contributed by atoms with E-state index < -0.39 is 0 Å². The van der Waals surface area contributed by atoms with Gasteiger partial charge in [-0.2, -0.15) is 0 Å². The molecular weight excluding hydrogens is 318 g/mol. The Labute approximate surface area is 147 Å². The molecule has 0 saturated carbocycles. The molecular formula is C20H25NO4. The van der Waals surface area contributed by atoms with Gasteiger partial charge in [0, 0.05) is 17.0 Å². The van der Waals surface area contributed by atoms with Crippen molar-refractivity contribution in [3.05, 3.63) is 46.5 Å². The van der Waals surface area contributed by atoms with Gasteiger partial charge in [-0.1, -0.05) is 6.92 Å². The van der Waals surface area contributed by atoms with E-state index in [1.807, 2.05) is 25.1 Å². The third-order valence-corrected chi connectivity index (χ3v) is 4.55. The molecule has 0 aliphatic carbocycles. The average molecular weight is 343 g/mol. The molecule has 0 bridgehead atoms. The van der Waals surface area contributed by atoms with E-state index in [9.17, 15) is 4.79 Å². The predicted octanol–water partition coefficient (Wildman–Crippen LogP) is 4.52. The molecule has 2 heterocycles. The lowest BCUT2D eigenvalue weighted by Crippen LogP contribution is -2.47. The fourth-order valence-corrected chi connectivity index (χ4v) is 3.43. The number of furan rings is 1. The summed E-state index contributed by atoms with van der Waals surface area (Å²) < 4.78 is 16.9. The van der Waals surface area contributed by atoms with Gasteiger partial charge in [0.2, 0.25) is 0 Å². The summed E-state index contributed by atoms with van der Waals surface area (Å²) in [4.78, 5) is 14.3. The molecule has 0 aliphatic rings. The highest BCUT2D eigenvalue weighted by molar-refractivity contribution is 6.02. The predicted molar refractivity (Wildman–Crippen MR) is 98.6 cm³/mol. The Bertz CT molecular complexity index is 932. The van der Waals surface area contributed by atoms with Gasteiger partial charge in [-0.3, -0.25) is 4.90 Å². The number of fused-ring (bicyclic) bond motifs is 3. The number of hydrogen-bond donors (Lipinski definition) is 0. The summed E-state index contributed by atoms with van der Waals surface area (Å²) in [5, 5.41) is 1.67. The largest absolute Gasteiger partial charge is 0.464 e. The van der Waals surface area contributed by atoms with Gasteiger partial charge in [0.05, 0.1) is 18.3 Å². The van der Waals surface area contributed by atoms with Crippen LogP contribution in [-0.2, 0) is 11.3 Å². The molecule has 5 heteroatoms. The van der Waals surface area contributed by atoms with E-state index in [0.717, 1.165) is 22.9 Å². The van der Waals surface area contributed by atoms with Crippen LogP contribution in [0.3, 0.4) is 0 Å². The smallest absolute Gasteiger partial charge is 0.336 e. The van der Waals surface area contributed by atoms with E-state index in [1.165, 1.54) is 6.07 Å². The summed E-state index contributed by atoms with van der Waals surface area (Å²) in [7, 11) is 0. The normalized spacial score (nSPS) is 13.8. The summed E-state index contributed by atoms with van der Waals surface area (Å²) in [6, 6.07) is 7.12. The maximum Gasteiger partial charge on any atom is 0.336 e. The topological polar surface area (TPSA) is 55.8 Å². The molecule has 0 fully saturated rings. The molecule has 0 saturated heterocycles. The van der Waals surface area contributed by atoms with Crippen LogP contribution >= 0.6 is 0 Å². The van der Waals surface area contributed by atoms with Crippen molar-refractivity contribution in [1.29, 1.82) is 0 Å². The van der Waals surface area contributed by atoms with Crippen LogP contribution in [-0.4, -0.2) is 23.2 Å². The number of benzene rings is 1. The Morgan fingerprint density at radius 1 is 1.20 bits per heavy atom. The van der Waals surface area contributed by atoms with Crippen LogP contribution in [0.5, 0.6) is 0 Å². The third-order valence-electron chi connectivity index (χ3n) is 4.55. The minimum Gasteiger partial charge on any atom is -0.464 e. The fourth-order valence-electron chi connectivity index (χ4n) is 3.43. The van der Waals surface area contributed by atoms with Gasteiger partial charge < -0.3 is 13.6 Å². The molecule has 2 aromatic heterocycles. The molecule has 5 nitrogen and oxygen atoms in total. The number of rotatable bonds is 5. The Morgan fingerprint density at radius 3 is 2.64 bits per heavy atom. The highest BCUT2D eigenvalue weighted by atomic mass is 16.5. The van der Waals surface area contributed by atoms with Gasteiger partial charge in [-0.05, 0) is 58.0 Å². The maximum atomic E-state index is 12.0. The van der Waals surface area contributed by atoms with Gasteiger partial charge in [-0.25, -0.2) is 4.79 Å². The number of ether oxygens (including phenoxy) is 1. The van der Waals surface area contributed by atoms with E-state index in [-0.39, 0.29) is 17.4 Å². The second-order valence-electron chi connectivity index (χ2n) is 7.23. The highest BCUT2D eigenvalue weighted by Crippen LogP contribution is 2.28. The first kappa shape index (κ1) is 17.7. The van der Waals surface area contributed by atoms with Crippen molar-refractivity contribution in [2.24, 2.45) is 0 Å². The molecule has 3 aromatic rings. The SMILES string of the molecule is CCN(C(C)OCc1cc(=O)oc2c1ccc1occc12)C(C)(C)C. The molecule has 0 radical (unpaired) electrons. The van der Waals surface area contributed by atoms with Crippen molar-refractivity contribution >= 4 is 21.9 Å². The summed E-state index contributed by atoms with van der Waals surface area (Å²) in [5.74, 6) is 0. The van der Waals surface area contributed by atoms with Crippen LogP contribution in [0.4, 0.5) is 0 Å². The van der Waals surface area contributed by atoms with Gasteiger partial charge in [0.15, 0.2) is 0 Å². The number of nitrogens with zero attached hydrogens (tertiary/aromatic N) is 1. The maximum absolute atomic E-state index is 12.0. The van der Waals surface area contributed by atoms with Crippen LogP contribution in [0.2, 0.25) is 0 Å². The first-order chi connectivity index (χ1) is 11.8. The van der Waals surface area contributed by atoms with Crippen molar-refractivity contribution in [2.45, 2.75) is 53.0 Å². The van der Waals surface area contributed by atoms with Crippen LogP contribution in [0.1, 0.15) is 40.2 Å². The first-order valence-corrected chi connectivity index (χ1v) is 8.62. The van der Waals surface area contributed by atoms with Crippen molar-refractivity contribution in [1.82, 2.24) is 4.90 Å². The molecule has 25 heavy (non-hydrogen) atoms. The zero-order chi connectivity index (χ0) is 18.2. The quantitative estimate of drug-likeness (QED) is 0.503. The Kier molecular flexibility index (Phi) is 4.71. The summed E-state index contributed by atoms with van der Waals surface area (Å²) >= 11 is 0. The van der Waals surface area contributed by atoms with E-state index in [2.05, 4.69) is 32.6 Å².